The number of benzene rings is 2. The van der Waals surface area contributed by atoms with E-state index in [0.717, 1.165) is 10.6 Å². The fraction of sp³-hybridized carbons (Fsp3) is 0.226. The van der Waals surface area contributed by atoms with Crippen LogP contribution in [-0.4, -0.2) is 27.6 Å². The number of dihydropyridines is 1. The number of nitrogens with two attached hydrogens (primary N) is 1. The maximum Gasteiger partial charge on any atom is 0.190 e. The molecule has 0 radical (unpaired) electrons. The molecule has 2 aliphatic heterocycles. The molecule has 8 nitrogen and oxygen atoms in total. The van der Waals surface area contributed by atoms with Crippen LogP contribution < -0.4 is 25.8 Å². The van der Waals surface area contributed by atoms with Crippen LogP contribution in [0.15, 0.2) is 83.5 Å². The summed E-state index contributed by atoms with van der Waals surface area (Å²) in [5.41, 5.74) is 9.85. The predicted octanol–water partition coefficient (Wildman–Crippen LogP) is 6.48. The number of ether oxygens (including phenoxy) is 1. The molecule has 2 unspecified atom stereocenters. The van der Waals surface area contributed by atoms with Crippen molar-refractivity contribution < 1.29 is 18.3 Å². The van der Waals surface area contributed by atoms with E-state index in [-0.39, 0.29) is 34.8 Å². The van der Waals surface area contributed by atoms with Crippen LogP contribution in [-0.2, 0) is 6.42 Å². The summed E-state index contributed by atoms with van der Waals surface area (Å²) in [5.74, 6) is -0.0274. The topological polar surface area (TPSA) is 106 Å². The quantitative estimate of drug-likeness (QED) is 0.175. The lowest BCUT2D eigenvalue weighted by Crippen LogP contribution is -2.27. The number of hydrogen-bond donors (Lipinski definition) is 4. The largest absolute Gasteiger partial charge is 0.455 e. The fourth-order valence-corrected chi connectivity index (χ4v) is 5.87. The Morgan fingerprint density at radius 3 is 2.88 bits per heavy atom. The molecule has 0 saturated heterocycles. The Bertz CT molecular complexity index is 1690. The fourth-order valence-electron chi connectivity index (χ4n) is 5.10. The van der Waals surface area contributed by atoms with E-state index in [2.05, 4.69) is 20.5 Å². The molecule has 0 saturated carbocycles. The number of nitrogens with zero attached hydrogens (tertiary/aromatic N) is 2. The minimum Gasteiger partial charge on any atom is -0.455 e. The summed E-state index contributed by atoms with van der Waals surface area (Å²) in [5, 5.41) is 11.8. The molecule has 6 rings (SSSR count). The van der Waals surface area contributed by atoms with Gasteiger partial charge in [0, 0.05) is 36.5 Å². The molecular formula is C31H30F2N6O2S. The first kappa shape index (κ1) is 27.6. The molecule has 0 spiro atoms. The summed E-state index contributed by atoms with van der Waals surface area (Å²) < 4.78 is 39.3. The summed E-state index contributed by atoms with van der Waals surface area (Å²) in [7, 11) is 0. The standard InChI is InChI=1S/C31H30F2N6O2S/c1-17-12-20(41-28-8-4-3-7-22(28)32)10-11-27(17)39-31(34)21(16-35-39)30(40)26-14-19-13-23(33)25(15-24(19)37-26)38-42-29-9-5-6-18(2)36-29/h4-6,8-13,15-16,18,26,36-38H,3,7,14,34H2,1-2H3. The lowest BCUT2D eigenvalue weighted by molar-refractivity contribution is 0.0972. The van der Waals surface area contributed by atoms with Crippen LogP contribution in [0, 0.1) is 12.7 Å². The van der Waals surface area contributed by atoms with Crippen LogP contribution >= 0.6 is 11.9 Å². The van der Waals surface area contributed by atoms with E-state index in [0.29, 0.717) is 47.6 Å². The number of allylic oxidation sites excluding steroid dienone is 5. The van der Waals surface area contributed by atoms with E-state index < -0.39 is 11.9 Å². The first-order valence-corrected chi connectivity index (χ1v) is 14.5. The van der Waals surface area contributed by atoms with Crippen molar-refractivity contribution in [1.29, 1.82) is 0 Å². The molecule has 216 valence electrons. The number of rotatable bonds is 8. The summed E-state index contributed by atoms with van der Waals surface area (Å²) >= 11 is 1.29. The van der Waals surface area contributed by atoms with Crippen molar-refractivity contribution in [2.45, 2.75) is 45.2 Å². The maximum absolute atomic E-state index is 14.9. The summed E-state index contributed by atoms with van der Waals surface area (Å²) in [6.07, 6.45) is 12.2. The van der Waals surface area contributed by atoms with Gasteiger partial charge < -0.3 is 25.8 Å². The van der Waals surface area contributed by atoms with Gasteiger partial charge in [0.05, 0.1) is 34.2 Å². The highest BCUT2D eigenvalue weighted by molar-refractivity contribution is 8.04. The number of ketones is 1. The second-order valence-electron chi connectivity index (χ2n) is 10.4. The Hall–Kier alpha value is -4.51. The second kappa shape index (κ2) is 11.4. The SMILES string of the molecule is Cc1cc(OC2=C(F)CCC=C2)ccc1-n1ncc(C(=O)C2Cc3cc(F)c(NSC4=CC=CC(C)N4)cc3N2)c1N. The van der Waals surface area contributed by atoms with Crippen LogP contribution in [0.3, 0.4) is 0 Å². The molecule has 42 heavy (non-hydrogen) atoms. The summed E-state index contributed by atoms with van der Waals surface area (Å²) in [6, 6.07) is 7.96. The van der Waals surface area contributed by atoms with Crippen LogP contribution in [0.2, 0.25) is 0 Å². The zero-order chi connectivity index (χ0) is 29.4. The van der Waals surface area contributed by atoms with Gasteiger partial charge in [-0.3, -0.25) is 4.79 Å². The highest BCUT2D eigenvalue weighted by atomic mass is 32.2. The zero-order valence-electron chi connectivity index (χ0n) is 23.1. The van der Waals surface area contributed by atoms with Gasteiger partial charge in [-0.25, -0.2) is 13.5 Å². The number of nitrogens with one attached hydrogen (secondary N) is 3. The van der Waals surface area contributed by atoms with Gasteiger partial charge in [0.25, 0.3) is 0 Å². The van der Waals surface area contributed by atoms with Gasteiger partial charge in [-0.1, -0.05) is 18.2 Å². The molecule has 3 aromatic rings. The van der Waals surface area contributed by atoms with Gasteiger partial charge in [0.1, 0.15) is 23.2 Å². The number of hydrogen-bond acceptors (Lipinski definition) is 8. The average molecular weight is 589 g/mol. The van der Waals surface area contributed by atoms with E-state index in [1.807, 2.05) is 38.2 Å². The molecular weight excluding hydrogens is 558 g/mol. The number of carbonyl (C=O) groups is 1. The van der Waals surface area contributed by atoms with Crippen molar-refractivity contribution in [1.82, 2.24) is 15.1 Å². The Balaban J connectivity index is 1.15. The van der Waals surface area contributed by atoms with Gasteiger partial charge in [-0.2, -0.15) is 5.10 Å². The molecule has 5 N–H and O–H groups in total. The van der Waals surface area contributed by atoms with E-state index in [4.69, 9.17) is 10.5 Å². The van der Waals surface area contributed by atoms with Crippen molar-refractivity contribution >= 4 is 34.9 Å². The number of nitrogen functional groups attached to an aromatic ring is 1. The number of fused-ring (bicyclic) bond motifs is 1. The molecule has 1 aliphatic carbocycles. The number of anilines is 3. The Morgan fingerprint density at radius 1 is 1.24 bits per heavy atom. The second-order valence-corrected chi connectivity index (χ2v) is 11.3. The smallest absolute Gasteiger partial charge is 0.190 e. The van der Waals surface area contributed by atoms with Gasteiger partial charge in [-0.05, 0) is 73.9 Å². The van der Waals surface area contributed by atoms with Gasteiger partial charge >= 0.3 is 0 Å². The molecule has 2 atom stereocenters. The molecule has 0 fully saturated rings. The van der Waals surface area contributed by atoms with Crippen LogP contribution in [0.5, 0.6) is 5.75 Å². The molecule has 0 bridgehead atoms. The van der Waals surface area contributed by atoms with Crippen LogP contribution in [0.25, 0.3) is 5.69 Å². The molecule has 3 heterocycles. The van der Waals surface area contributed by atoms with E-state index in [1.165, 1.54) is 28.9 Å². The van der Waals surface area contributed by atoms with Crippen molar-refractivity contribution in [2.24, 2.45) is 0 Å². The lowest BCUT2D eigenvalue weighted by Gasteiger charge is -2.18. The number of carbonyl (C=O) groups excluding carboxylic acids is 1. The molecule has 0 amide bonds. The molecule has 2 aromatic carbocycles. The highest BCUT2D eigenvalue weighted by Gasteiger charge is 2.31. The molecule has 11 heteroatoms. The van der Waals surface area contributed by atoms with Crippen molar-refractivity contribution in [3.8, 4) is 11.4 Å². The normalized spacial score (nSPS) is 19.2. The minimum atomic E-state index is -0.612. The van der Waals surface area contributed by atoms with Gasteiger partial charge in [0.2, 0.25) is 0 Å². The number of halogens is 2. The Kier molecular flexibility index (Phi) is 7.51. The zero-order valence-corrected chi connectivity index (χ0v) is 23.9. The van der Waals surface area contributed by atoms with Crippen LogP contribution in [0.4, 0.5) is 26.0 Å². The third-order valence-corrected chi connectivity index (χ3v) is 8.11. The molecule has 1 aromatic heterocycles. The van der Waals surface area contributed by atoms with Crippen molar-refractivity contribution in [3.05, 3.63) is 106 Å². The number of aromatic nitrogens is 2. The van der Waals surface area contributed by atoms with Gasteiger partial charge in [-0.15, -0.1) is 0 Å². The minimum absolute atomic E-state index is 0.194. The number of Topliss-reactive ketones (excluding diaryl/α,β-unsaturated/α-hetero) is 1. The number of aryl methyl sites for hydroxylation is 1. The Morgan fingerprint density at radius 2 is 2.10 bits per heavy atom. The molecule has 3 aliphatic rings. The lowest BCUT2D eigenvalue weighted by atomic mass is 10.0. The van der Waals surface area contributed by atoms with Crippen molar-refractivity contribution in [2.75, 3.05) is 15.8 Å². The summed E-state index contributed by atoms with van der Waals surface area (Å²) in [4.78, 5) is 13.5. The van der Waals surface area contributed by atoms with Crippen molar-refractivity contribution in [3.63, 3.8) is 0 Å². The van der Waals surface area contributed by atoms with Crippen LogP contribution in [0.1, 0.15) is 41.3 Å². The summed E-state index contributed by atoms with van der Waals surface area (Å²) in [6.45, 7) is 3.89. The van der Waals surface area contributed by atoms with E-state index >= 15 is 0 Å². The third kappa shape index (κ3) is 5.52. The first-order chi connectivity index (χ1) is 20.3. The predicted molar refractivity (Wildman–Crippen MR) is 163 cm³/mol. The van der Waals surface area contributed by atoms with Gasteiger partial charge in [0.15, 0.2) is 11.5 Å². The third-order valence-electron chi connectivity index (χ3n) is 7.31. The maximum atomic E-state index is 14.9. The Labute approximate surface area is 246 Å². The van der Waals surface area contributed by atoms with E-state index in [9.17, 15) is 13.6 Å². The average Bonchev–Trinajstić information content (AvgIpc) is 3.56. The van der Waals surface area contributed by atoms with E-state index in [1.54, 1.807) is 30.3 Å². The monoisotopic (exact) mass is 588 g/mol. The highest BCUT2D eigenvalue weighted by Crippen LogP contribution is 2.35. The first-order valence-electron chi connectivity index (χ1n) is 13.7.